The zero-order chi connectivity index (χ0) is 15.6. The lowest BCUT2D eigenvalue weighted by Gasteiger charge is -2.18. The molecule has 0 bridgehead atoms. The van der Waals surface area contributed by atoms with E-state index < -0.39 is 22.4 Å². The van der Waals surface area contributed by atoms with Crippen LogP contribution in [0.3, 0.4) is 0 Å². The van der Waals surface area contributed by atoms with Gasteiger partial charge in [0, 0.05) is 23.9 Å². The largest absolute Gasteiger partial charge is 0.418 e. The molecule has 1 heterocycles. The number of anilines is 1. The van der Waals surface area contributed by atoms with Gasteiger partial charge < -0.3 is 5.32 Å². The number of nitrogens with zero attached hydrogens (tertiary/aromatic N) is 1. The van der Waals surface area contributed by atoms with E-state index in [0.717, 1.165) is 17.7 Å². The number of nitro benzene ring substituents is 1. The third-order valence-electron chi connectivity index (χ3n) is 2.93. The van der Waals surface area contributed by atoms with E-state index >= 15 is 0 Å². The Bertz CT molecular complexity index is 641. The van der Waals surface area contributed by atoms with Crippen molar-refractivity contribution < 1.29 is 18.1 Å². The smallest absolute Gasteiger partial charge is 0.378 e. The van der Waals surface area contributed by atoms with Gasteiger partial charge in [-0.1, -0.05) is 0 Å². The maximum atomic E-state index is 13.0. The SMILES string of the molecule is CC(Nc1ccc([N+](=O)[O-])cc1C(F)(F)F)c1ccsc1. The molecule has 2 aromatic rings. The number of thiophene rings is 1. The molecular weight excluding hydrogens is 305 g/mol. The van der Waals surface area contributed by atoms with E-state index in [-0.39, 0.29) is 11.7 Å². The van der Waals surface area contributed by atoms with Crippen molar-refractivity contribution in [2.75, 3.05) is 5.32 Å². The predicted molar refractivity (Wildman–Crippen MR) is 74.5 cm³/mol. The van der Waals surface area contributed by atoms with Gasteiger partial charge in [0.2, 0.25) is 0 Å². The molecule has 4 nitrogen and oxygen atoms in total. The number of benzene rings is 1. The van der Waals surface area contributed by atoms with Crippen molar-refractivity contribution in [3.63, 3.8) is 0 Å². The quantitative estimate of drug-likeness (QED) is 0.648. The summed E-state index contributed by atoms with van der Waals surface area (Å²) >= 11 is 1.44. The first-order chi connectivity index (χ1) is 9.79. The first-order valence-electron chi connectivity index (χ1n) is 5.93. The maximum absolute atomic E-state index is 13.0. The van der Waals surface area contributed by atoms with E-state index in [1.807, 2.05) is 10.8 Å². The summed E-state index contributed by atoms with van der Waals surface area (Å²) in [4.78, 5) is 9.77. The number of non-ortho nitro benzene ring substituents is 1. The summed E-state index contributed by atoms with van der Waals surface area (Å²) in [5, 5.41) is 17.0. The van der Waals surface area contributed by atoms with Crippen LogP contribution >= 0.6 is 11.3 Å². The molecule has 0 amide bonds. The van der Waals surface area contributed by atoms with Crippen LogP contribution in [0.25, 0.3) is 0 Å². The lowest BCUT2D eigenvalue weighted by molar-refractivity contribution is -0.385. The summed E-state index contributed by atoms with van der Waals surface area (Å²) < 4.78 is 39.1. The maximum Gasteiger partial charge on any atom is 0.418 e. The molecule has 1 N–H and O–H groups in total. The standard InChI is InChI=1S/C13H11F3N2O2S/c1-8(9-4-5-21-7-9)17-12-3-2-10(18(19)20)6-11(12)13(14,15)16/h2-8,17H,1H3. The Hall–Kier alpha value is -2.09. The molecule has 0 saturated heterocycles. The highest BCUT2D eigenvalue weighted by Gasteiger charge is 2.35. The Kier molecular flexibility index (Phi) is 4.17. The molecular formula is C13H11F3N2O2S. The first kappa shape index (κ1) is 15.3. The van der Waals surface area contributed by atoms with Crippen LogP contribution in [0.4, 0.5) is 24.5 Å². The normalized spacial score (nSPS) is 13.0. The number of hydrogen-bond donors (Lipinski definition) is 1. The van der Waals surface area contributed by atoms with Crippen molar-refractivity contribution in [2.45, 2.75) is 19.1 Å². The molecule has 0 fully saturated rings. The molecule has 0 aliphatic heterocycles. The van der Waals surface area contributed by atoms with Gasteiger partial charge in [-0.2, -0.15) is 24.5 Å². The van der Waals surface area contributed by atoms with Gasteiger partial charge in [-0.15, -0.1) is 0 Å². The summed E-state index contributed by atoms with van der Waals surface area (Å²) in [7, 11) is 0. The van der Waals surface area contributed by atoms with Crippen molar-refractivity contribution in [1.29, 1.82) is 0 Å². The van der Waals surface area contributed by atoms with Crippen LogP contribution in [0.2, 0.25) is 0 Å². The Morgan fingerprint density at radius 2 is 2.05 bits per heavy atom. The Morgan fingerprint density at radius 1 is 1.33 bits per heavy atom. The van der Waals surface area contributed by atoms with E-state index in [4.69, 9.17) is 0 Å². The van der Waals surface area contributed by atoms with Crippen LogP contribution in [0.5, 0.6) is 0 Å². The number of nitrogens with one attached hydrogen (secondary N) is 1. The highest BCUT2D eigenvalue weighted by molar-refractivity contribution is 7.07. The van der Waals surface area contributed by atoms with Gasteiger partial charge in [-0.3, -0.25) is 10.1 Å². The fraction of sp³-hybridized carbons (Fsp3) is 0.231. The Labute approximate surface area is 122 Å². The summed E-state index contributed by atoms with van der Waals surface area (Å²) in [5.74, 6) is 0. The third-order valence-corrected chi connectivity index (χ3v) is 3.64. The topological polar surface area (TPSA) is 55.2 Å². The number of rotatable bonds is 4. The minimum absolute atomic E-state index is 0.174. The fourth-order valence-electron chi connectivity index (χ4n) is 1.84. The molecule has 1 aromatic heterocycles. The first-order valence-corrected chi connectivity index (χ1v) is 6.87. The van der Waals surface area contributed by atoms with Crippen molar-refractivity contribution in [1.82, 2.24) is 0 Å². The average Bonchev–Trinajstić information content (AvgIpc) is 2.91. The highest BCUT2D eigenvalue weighted by Crippen LogP contribution is 2.38. The molecule has 8 heteroatoms. The molecule has 112 valence electrons. The molecule has 0 radical (unpaired) electrons. The Balaban J connectivity index is 2.36. The summed E-state index contributed by atoms with van der Waals surface area (Å²) in [6, 6.07) is 4.16. The zero-order valence-corrected chi connectivity index (χ0v) is 11.7. The van der Waals surface area contributed by atoms with E-state index in [1.54, 1.807) is 13.0 Å². The average molecular weight is 316 g/mol. The van der Waals surface area contributed by atoms with E-state index in [0.29, 0.717) is 6.07 Å². The minimum Gasteiger partial charge on any atom is -0.378 e. The summed E-state index contributed by atoms with van der Waals surface area (Å²) in [5.41, 5.74) is -0.951. The van der Waals surface area contributed by atoms with Crippen LogP contribution < -0.4 is 5.32 Å². The lowest BCUT2D eigenvalue weighted by atomic mass is 10.1. The van der Waals surface area contributed by atoms with E-state index in [9.17, 15) is 23.3 Å². The monoisotopic (exact) mass is 316 g/mol. The molecule has 0 saturated carbocycles. The summed E-state index contributed by atoms with van der Waals surface area (Å²) in [6.07, 6.45) is -4.66. The van der Waals surface area contributed by atoms with Crippen molar-refractivity contribution in [2.24, 2.45) is 0 Å². The van der Waals surface area contributed by atoms with Crippen LogP contribution in [-0.4, -0.2) is 4.92 Å². The van der Waals surface area contributed by atoms with Crippen molar-refractivity contribution >= 4 is 22.7 Å². The van der Waals surface area contributed by atoms with E-state index in [1.165, 1.54) is 11.3 Å². The number of nitro groups is 1. The lowest BCUT2D eigenvalue weighted by Crippen LogP contribution is -2.13. The van der Waals surface area contributed by atoms with Gasteiger partial charge in [0.1, 0.15) is 0 Å². The molecule has 0 aliphatic carbocycles. The van der Waals surface area contributed by atoms with Crippen LogP contribution in [0.15, 0.2) is 35.0 Å². The molecule has 2 rings (SSSR count). The number of alkyl halides is 3. The van der Waals surface area contributed by atoms with Gasteiger partial charge in [0.15, 0.2) is 0 Å². The second-order valence-corrected chi connectivity index (χ2v) is 5.19. The minimum atomic E-state index is -4.66. The fourth-order valence-corrected chi connectivity index (χ4v) is 2.60. The Morgan fingerprint density at radius 3 is 2.57 bits per heavy atom. The molecule has 1 aromatic carbocycles. The van der Waals surface area contributed by atoms with Crippen LogP contribution in [0.1, 0.15) is 24.1 Å². The van der Waals surface area contributed by atoms with Gasteiger partial charge in [-0.25, -0.2) is 0 Å². The molecule has 1 unspecified atom stereocenters. The number of hydrogen-bond acceptors (Lipinski definition) is 4. The van der Waals surface area contributed by atoms with Crippen molar-refractivity contribution in [3.8, 4) is 0 Å². The second kappa shape index (κ2) is 5.72. The van der Waals surface area contributed by atoms with Gasteiger partial charge in [0.25, 0.3) is 5.69 Å². The molecule has 0 aliphatic rings. The van der Waals surface area contributed by atoms with Gasteiger partial charge in [0.05, 0.1) is 10.5 Å². The van der Waals surface area contributed by atoms with Gasteiger partial charge >= 0.3 is 6.18 Å². The third kappa shape index (κ3) is 3.52. The molecule has 1 atom stereocenters. The van der Waals surface area contributed by atoms with E-state index in [2.05, 4.69) is 5.32 Å². The number of halogens is 3. The van der Waals surface area contributed by atoms with Gasteiger partial charge in [-0.05, 0) is 35.4 Å². The second-order valence-electron chi connectivity index (χ2n) is 4.41. The molecule has 0 spiro atoms. The zero-order valence-electron chi connectivity index (χ0n) is 10.8. The highest BCUT2D eigenvalue weighted by atomic mass is 32.1. The summed E-state index contributed by atoms with van der Waals surface area (Å²) in [6.45, 7) is 1.73. The predicted octanol–water partition coefficient (Wildman–Crippen LogP) is 4.85. The molecule has 21 heavy (non-hydrogen) atoms. The van der Waals surface area contributed by atoms with Crippen molar-refractivity contribution in [3.05, 3.63) is 56.3 Å². The van der Waals surface area contributed by atoms with Crippen LogP contribution in [0, 0.1) is 10.1 Å². The van der Waals surface area contributed by atoms with Crippen LogP contribution in [-0.2, 0) is 6.18 Å².